The molecule has 2 aromatic carbocycles. The highest BCUT2D eigenvalue weighted by Gasteiger charge is 2.14. The first kappa shape index (κ1) is 15.6. The van der Waals surface area contributed by atoms with Crippen LogP contribution in [0.15, 0.2) is 83.8 Å². The number of rotatable bonds is 3. The number of pyridine rings is 2. The van der Waals surface area contributed by atoms with Gasteiger partial charge in [0.05, 0.1) is 6.54 Å². The van der Waals surface area contributed by atoms with E-state index < -0.39 is 0 Å². The second kappa shape index (κ2) is 6.54. The van der Waals surface area contributed by atoms with Crippen molar-refractivity contribution in [1.29, 1.82) is 0 Å². The molecule has 0 fully saturated rings. The zero-order valence-corrected chi connectivity index (χ0v) is 14.1. The molecule has 4 heteroatoms. The highest BCUT2D eigenvalue weighted by atomic mass is 35.5. The number of benzene rings is 2. The van der Waals surface area contributed by atoms with E-state index in [0.29, 0.717) is 22.8 Å². The monoisotopic (exact) mass is 346 g/mol. The molecule has 0 saturated carbocycles. The summed E-state index contributed by atoms with van der Waals surface area (Å²) in [4.78, 5) is 17.6. The van der Waals surface area contributed by atoms with Crippen molar-refractivity contribution in [2.24, 2.45) is 0 Å². The minimum atomic E-state index is -0.0943. The molecule has 0 atom stereocenters. The van der Waals surface area contributed by atoms with Crippen molar-refractivity contribution in [2.75, 3.05) is 0 Å². The molecule has 0 unspecified atom stereocenters. The molecule has 0 aliphatic carbocycles. The van der Waals surface area contributed by atoms with Crippen molar-refractivity contribution in [3.63, 3.8) is 0 Å². The van der Waals surface area contributed by atoms with Crippen LogP contribution in [0.2, 0.25) is 5.02 Å². The van der Waals surface area contributed by atoms with Gasteiger partial charge in [0, 0.05) is 27.7 Å². The Kier molecular flexibility index (Phi) is 4.08. The lowest BCUT2D eigenvalue weighted by molar-refractivity contribution is 0.785. The molecule has 2 heterocycles. The molecule has 2 aromatic heterocycles. The molecule has 0 bridgehead atoms. The molecular formula is C21H15ClN2O. The maximum absolute atomic E-state index is 13.2. The van der Waals surface area contributed by atoms with Crippen molar-refractivity contribution in [1.82, 2.24) is 9.55 Å². The topological polar surface area (TPSA) is 34.9 Å². The molecule has 122 valence electrons. The summed E-state index contributed by atoms with van der Waals surface area (Å²) in [5, 5.41) is 1.47. The van der Waals surface area contributed by atoms with Crippen molar-refractivity contribution in [3.8, 4) is 11.1 Å². The third kappa shape index (κ3) is 2.94. The number of halogens is 1. The Bertz CT molecular complexity index is 1100. The van der Waals surface area contributed by atoms with Crippen LogP contribution in [0.4, 0.5) is 0 Å². The maximum Gasteiger partial charge on any atom is 0.260 e. The Morgan fingerprint density at radius 2 is 1.64 bits per heavy atom. The lowest BCUT2D eigenvalue weighted by Crippen LogP contribution is -2.23. The van der Waals surface area contributed by atoms with Gasteiger partial charge < -0.3 is 0 Å². The molecule has 25 heavy (non-hydrogen) atoms. The predicted octanol–water partition coefficient (Wildman–Crippen LogP) is 4.77. The highest BCUT2D eigenvalue weighted by molar-refractivity contribution is 6.33. The number of aromatic nitrogens is 2. The molecular weight excluding hydrogens is 332 g/mol. The summed E-state index contributed by atoms with van der Waals surface area (Å²) in [6.07, 6.45) is 1.71. The molecule has 0 aliphatic heterocycles. The second-order valence-electron chi connectivity index (χ2n) is 5.83. The van der Waals surface area contributed by atoms with Crippen molar-refractivity contribution >= 4 is 22.6 Å². The largest absolute Gasteiger partial charge is 0.288 e. The van der Waals surface area contributed by atoms with E-state index in [-0.39, 0.29) is 5.56 Å². The van der Waals surface area contributed by atoms with Gasteiger partial charge in [0.2, 0.25) is 0 Å². The normalized spacial score (nSPS) is 10.9. The maximum atomic E-state index is 13.2. The Balaban J connectivity index is 1.99. The van der Waals surface area contributed by atoms with E-state index in [0.717, 1.165) is 16.5 Å². The number of hydrogen-bond acceptors (Lipinski definition) is 2. The minimum Gasteiger partial charge on any atom is -0.288 e. The number of fused-ring (bicyclic) bond motifs is 1. The molecule has 0 spiro atoms. The van der Waals surface area contributed by atoms with E-state index in [1.807, 2.05) is 66.7 Å². The van der Waals surface area contributed by atoms with Crippen LogP contribution in [0.3, 0.4) is 0 Å². The van der Waals surface area contributed by atoms with E-state index in [1.165, 1.54) is 0 Å². The standard InChI is InChI=1S/C21H15ClN2O/c22-19-11-5-4-10-17(19)18-13-16-9-6-12-23-20(16)24(21(18)25)14-15-7-2-1-3-8-15/h1-13H,14H2. The molecule has 0 aliphatic rings. The van der Waals surface area contributed by atoms with Gasteiger partial charge in [-0.15, -0.1) is 0 Å². The van der Waals surface area contributed by atoms with E-state index in [1.54, 1.807) is 16.8 Å². The van der Waals surface area contributed by atoms with E-state index in [4.69, 9.17) is 11.6 Å². The SMILES string of the molecule is O=c1c(-c2ccccc2Cl)cc2cccnc2n1Cc1ccccc1. The molecule has 4 rings (SSSR count). The van der Waals surface area contributed by atoms with Crippen LogP contribution < -0.4 is 5.56 Å². The van der Waals surface area contributed by atoms with Gasteiger partial charge in [-0.05, 0) is 29.8 Å². The summed E-state index contributed by atoms with van der Waals surface area (Å²) in [5.41, 5.74) is 2.95. The van der Waals surface area contributed by atoms with E-state index in [2.05, 4.69) is 4.98 Å². The first-order chi connectivity index (χ1) is 12.2. The van der Waals surface area contributed by atoms with E-state index >= 15 is 0 Å². The molecule has 0 radical (unpaired) electrons. The lowest BCUT2D eigenvalue weighted by Gasteiger charge is -2.13. The Morgan fingerprint density at radius 1 is 0.880 bits per heavy atom. The van der Waals surface area contributed by atoms with Crippen LogP contribution in [0.5, 0.6) is 0 Å². The van der Waals surface area contributed by atoms with Gasteiger partial charge in [0.1, 0.15) is 5.65 Å². The fourth-order valence-electron chi connectivity index (χ4n) is 2.99. The average Bonchev–Trinajstić information content (AvgIpc) is 2.65. The van der Waals surface area contributed by atoms with Crippen LogP contribution >= 0.6 is 11.6 Å². The smallest absolute Gasteiger partial charge is 0.260 e. The average molecular weight is 347 g/mol. The highest BCUT2D eigenvalue weighted by Crippen LogP contribution is 2.27. The first-order valence-corrected chi connectivity index (χ1v) is 8.39. The van der Waals surface area contributed by atoms with Gasteiger partial charge in [0.15, 0.2) is 0 Å². The van der Waals surface area contributed by atoms with Gasteiger partial charge in [-0.1, -0.05) is 60.1 Å². The molecule has 0 N–H and O–H groups in total. The third-order valence-electron chi connectivity index (χ3n) is 4.20. The third-order valence-corrected chi connectivity index (χ3v) is 4.53. The molecule has 0 saturated heterocycles. The van der Waals surface area contributed by atoms with Gasteiger partial charge >= 0.3 is 0 Å². The van der Waals surface area contributed by atoms with Crippen LogP contribution in [0, 0.1) is 0 Å². The lowest BCUT2D eigenvalue weighted by atomic mass is 10.1. The summed E-state index contributed by atoms with van der Waals surface area (Å²) in [6.45, 7) is 0.464. The number of nitrogens with zero attached hydrogens (tertiary/aromatic N) is 2. The van der Waals surface area contributed by atoms with Gasteiger partial charge in [-0.25, -0.2) is 4.98 Å². The van der Waals surface area contributed by atoms with Crippen molar-refractivity contribution < 1.29 is 0 Å². The summed E-state index contributed by atoms with van der Waals surface area (Å²) < 4.78 is 1.71. The predicted molar refractivity (Wildman–Crippen MR) is 102 cm³/mol. The van der Waals surface area contributed by atoms with Gasteiger partial charge in [0.25, 0.3) is 5.56 Å². The van der Waals surface area contributed by atoms with Crippen LogP contribution in [-0.4, -0.2) is 9.55 Å². The van der Waals surface area contributed by atoms with Gasteiger partial charge in [-0.2, -0.15) is 0 Å². The Hall–Kier alpha value is -2.91. The molecule has 0 amide bonds. The number of hydrogen-bond donors (Lipinski definition) is 0. The van der Waals surface area contributed by atoms with Crippen LogP contribution in [0.1, 0.15) is 5.56 Å². The van der Waals surface area contributed by atoms with Crippen LogP contribution in [-0.2, 0) is 6.54 Å². The first-order valence-electron chi connectivity index (χ1n) is 8.01. The van der Waals surface area contributed by atoms with Crippen molar-refractivity contribution in [2.45, 2.75) is 6.54 Å². The zero-order chi connectivity index (χ0) is 17.2. The fraction of sp³-hybridized carbons (Fsp3) is 0.0476. The molecule has 4 aromatic rings. The Morgan fingerprint density at radius 3 is 2.44 bits per heavy atom. The quantitative estimate of drug-likeness (QED) is 0.536. The Labute approximate surface area is 150 Å². The van der Waals surface area contributed by atoms with E-state index in [9.17, 15) is 4.79 Å². The minimum absolute atomic E-state index is 0.0943. The summed E-state index contributed by atoms with van der Waals surface area (Å²) in [6, 6.07) is 23.0. The fourth-order valence-corrected chi connectivity index (χ4v) is 3.23. The summed E-state index contributed by atoms with van der Waals surface area (Å²) in [5.74, 6) is 0. The van der Waals surface area contributed by atoms with Crippen molar-refractivity contribution in [3.05, 3.63) is 99.9 Å². The second-order valence-corrected chi connectivity index (χ2v) is 6.24. The summed E-state index contributed by atoms with van der Waals surface area (Å²) in [7, 11) is 0. The molecule has 3 nitrogen and oxygen atoms in total. The zero-order valence-electron chi connectivity index (χ0n) is 13.4. The summed E-state index contributed by atoms with van der Waals surface area (Å²) >= 11 is 6.33. The van der Waals surface area contributed by atoms with Gasteiger partial charge in [-0.3, -0.25) is 9.36 Å². The van der Waals surface area contributed by atoms with Crippen LogP contribution in [0.25, 0.3) is 22.2 Å².